The minimum absolute atomic E-state index is 0.161. The molecule has 5 N–H and O–H groups in total. The Balaban J connectivity index is 0.000000326. The average Bonchev–Trinajstić information content (AvgIpc) is 3.34. The number of carbonyl (C=O) groups is 1. The smallest absolute Gasteiger partial charge is 0.242 e. The van der Waals surface area contributed by atoms with E-state index in [1.807, 2.05) is 23.9 Å². The maximum absolute atomic E-state index is 11.7. The van der Waals surface area contributed by atoms with Gasteiger partial charge in [-0.05, 0) is 32.1 Å². The molecule has 1 atom stereocenters. The van der Waals surface area contributed by atoms with E-state index in [-0.39, 0.29) is 5.91 Å². The summed E-state index contributed by atoms with van der Waals surface area (Å²) in [5.74, 6) is 1.03. The van der Waals surface area contributed by atoms with Gasteiger partial charge in [0.05, 0.1) is 18.7 Å². The lowest BCUT2D eigenvalue weighted by atomic mass is 10.2. The first-order valence-corrected chi connectivity index (χ1v) is 10.8. The number of anilines is 2. The van der Waals surface area contributed by atoms with E-state index in [1.165, 1.54) is 0 Å². The molecule has 1 amide bonds. The molecule has 0 aliphatic carbocycles. The van der Waals surface area contributed by atoms with Gasteiger partial charge in [0.2, 0.25) is 5.91 Å². The highest BCUT2D eigenvalue weighted by molar-refractivity contribution is 5.93. The van der Waals surface area contributed by atoms with Gasteiger partial charge in [-0.15, -0.1) is 0 Å². The van der Waals surface area contributed by atoms with Crippen LogP contribution in [0, 0.1) is 0 Å². The molecule has 0 saturated heterocycles. The number of hydrogen-bond donors (Lipinski definition) is 3. The number of rotatable bonds is 10. The van der Waals surface area contributed by atoms with Gasteiger partial charge in [0.25, 0.3) is 0 Å². The summed E-state index contributed by atoms with van der Waals surface area (Å²) in [6.07, 6.45) is 13.3. The quantitative estimate of drug-likeness (QED) is 0.549. The first-order chi connectivity index (χ1) is 13.9. The molecule has 29 heavy (non-hydrogen) atoms. The van der Waals surface area contributed by atoms with Crippen molar-refractivity contribution in [2.75, 3.05) is 11.1 Å². The maximum atomic E-state index is 11.7. The van der Waals surface area contributed by atoms with Crippen molar-refractivity contribution in [1.82, 2.24) is 19.1 Å². The Labute approximate surface area is 175 Å². The lowest BCUT2D eigenvalue weighted by molar-refractivity contribution is -0.117. The molecule has 8 heteroatoms. The fourth-order valence-electron chi connectivity index (χ4n) is 3.24. The van der Waals surface area contributed by atoms with E-state index in [4.69, 9.17) is 11.5 Å². The summed E-state index contributed by atoms with van der Waals surface area (Å²) >= 11 is 0. The van der Waals surface area contributed by atoms with Gasteiger partial charge in [-0.25, -0.2) is 9.97 Å². The summed E-state index contributed by atoms with van der Waals surface area (Å²) in [7, 11) is 0. The molecular formula is C21H39N7O. The van der Waals surface area contributed by atoms with Crippen molar-refractivity contribution in [3.05, 3.63) is 25.0 Å². The summed E-state index contributed by atoms with van der Waals surface area (Å²) in [6.45, 7) is 10.6. The number of aromatic nitrogens is 4. The highest BCUT2D eigenvalue weighted by Crippen LogP contribution is 2.17. The number of imidazole rings is 2. The molecule has 1 unspecified atom stereocenters. The molecular weight excluding hydrogens is 366 g/mol. The highest BCUT2D eigenvalue weighted by atomic mass is 16.2. The fourth-order valence-corrected chi connectivity index (χ4v) is 3.24. The standard InChI is InChI=1S/C13H24N4O.C8H15N3/c1-4-7-11(14)13(18)16-12-8-17(9-15-12)10(5-2)6-3;1-3-7(4-2)11-5-8(9)10-6-11/h8-11H,4-7,14H2,1-3H3,(H,16,18);5-7H,3-4,9H2,1-2H3. The highest BCUT2D eigenvalue weighted by Gasteiger charge is 2.14. The third-order valence-electron chi connectivity index (χ3n) is 5.14. The average molecular weight is 406 g/mol. The van der Waals surface area contributed by atoms with Gasteiger partial charge in [0.15, 0.2) is 5.82 Å². The van der Waals surface area contributed by atoms with Crippen LogP contribution in [0.5, 0.6) is 0 Å². The maximum Gasteiger partial charge on any atom is 0.242 e. The van der Waals surface area contributed by atoms with E-state index < -0.39 is 6.04 Å². The van der Waals surface area contributed by atoms with E-state index in [1.54, 1.807) is 12.7 Å². The molecule has 0 saturated carbocycles. The third kappa shape index (κ3) is 7.89. The molecule has 2 rings (SSSR count). The van der Waals surface area contributed by atoms with Crippen LogP contribution in [0.2, 0.25) is 0 Å². The van der Waals surface area contributed by atoms with Crippen LogP contribution in [0.25, 0.3) is 0 Å². The Hall–Kier alpha value is -2.35. The molecule has 164 valence electrons. The predicted octanol–water partition coefficient (Wildman–Crippen LogP) is 4.14. The largest absolute Gasteiger partial charge is 0.382 e. The number of carbonyl (C=O) groups excluding carboxylic acids is 1. The molecule has 8 nitrogen and oxygen atoms in total. The second-order valence-electron chi connectivity index (χ2n) is 7.28. The van der Waals surface area contributed by atoms with Crippen molar-refractivity contribution in [3.63, 3.8) is 0 Å². The summed E-state index contributed by atoms with van der Waals surface area (Å²) in [5.41, 5.74) is 11.2. The van der Waals surface area contributed by atoms with Crippen LogP contribution >= 0.6 is 0 Å². The van der Waals surface area contributed by atoms with Crippen molar-refractivity contribution in [3.8, 4) is 0 Å². The summed E-state index contributed by atoms with van der Waals surface area (Å²) < 4.78 is 4.12. The molecule has 0 radical (unpaired) electrons. The van der Waals surface area contributed by atoms with E-state index in [0.717, 1.165) is 32.1 Å². The number of nitrogen functional groups attached to an aromatic ring is 1. The summed E-state index contributed by atoms with van der Waals surface area (Å²) in [5, 5.41) is 2.75. The number of nitrogens with two attached hydrogens (primary N) is 2. The minimum Gasteiger partial charge on any atom is -0.382 e. The summed E-state index contributed by atoms with van der Waals surface area (Å²) in [6, 6.07) is 0.542. The lowest BCUT2D eigenvalue weighted by Crippen LogP contribution is -2.35. The van der Waals surface area contributed by atoms with E-state index >= 15 is 0 Å². The predicted molar refractivity (Wildman–Crippen MR) is 120 cm³/mol. The van der Waals surface area contributed by atoms with Crippen molar-refractivity contribution < 1.29 is 4.79 Å². The number of amides is 1. The van der Waals surface area contributed by atoms with Crippen LogP contribution in [0.3, 0.4) is 0 Å². The SMILES string of the molecule is CCC(CC)n1cnc(N)c1.CCCC(N)C(=O)Nc1cn(C(CC)CC)cn1. The van der Waals surface area contributed by atoms with Gasteiger partial charge in [0, 0.05) is 24.5 Å². The van der Waals surface area contributed by atoms with Gasteiger partial charge in [-0.1, -0.05) is 41.0 Å². The van der Waals surface area contributed by atoms with Gasteiger partial charge >= 0.3 is 0 Å². The van der Waals surface area contributed by atoms with Crippen molar-refractivity contribution in [2.45, 2.75) is 91.3 Å². The van der Waals surface area contributed by atoms with Crippen LogP contribution in [0.1, 0.15) is 85.2 Å². The monoisotopic (exact) mass is 405 g/mol. The Bertz CT molecular complexity index is 701. The van der Waals surface area contributed by atoms with Crippen LogP contribution in [-0.4, -0.2) is 31.1 Å². The molecule has 2 aromatic rings. The van der Waals surface area contributed by atoms with Crippen LogP contribution in [0.15, 0.2) is 25.0 Å². The van der Waals surface area contributed by atoms with E-state index in [2.05, 4.69) is 47.5 Å². The number of hydrogen-bond acceptors (Lipinski definition) is 5. The fraction of sp³-hybridized carbons (Fsp3) is 0.667. The number of nitrogens with one attached hydrogen (secondary N) is 1. The molecule has 0 aromatic carbocycles. The summed E-state index contributed by atoms with van der Waals surface area (Å²) in [4.78, 5) is 19.9. The van der Waals surface area contributed by atoms with Crippen LogP contribution < -0.4 is 16.8 Å². The first kappa shape index (κ1) is 24.7. The van der Waals surface area contributed by atoms with E-state index in [0.29, 0.717) is 30.1 Å². The van der Waals surface area contributed by atoms with Crippen LogP contribution in [-0.2, 0) is 4.79 Å². The zero-order valence-electron chi connectivity index (χ0n) is 18.6. The second-order valence-corrected chi connectivity index (χ2v) is 7.28. The second kappa shape index (κ2) is 13.0. The van der Waals surface area contributed by atoms with Gasteiger partial charge in [-0.2, -0.15) is 0 Å². The topological polar surface area (TPSA) is 117 Å². The van der Waals surface area contributed by atoms with Crippen molar-refractivity contribution in [2.24, 2.45) is 5.73 Å². The first-order valence-electron chi connectivity index (χ1n) is 10.8. The molecule has 2 aromatic heterocycles. The Morgan fingerprint density at radius 1 is 0.966 bits per heavy atom. The molecule has 0 fully saturated rings. The Morgan fingerprint density at radius 2 is 1.48 bits per heavy atom. The molecule has 0 bridgehead atoms. The molecule has 0 spiro atoms. The zero-order valence-corrected chi connectivity index (χ0v) is 18.6. The third-order valence-corrected chi connectivity index (χ3v) is 5.14. The molecule has 2 heterocycles. The Morgan fingerprint density at radius 3 is 1.93 bits per heavy atom. The Kier molecular flexibility index (Phi) is 11.1. The lowest BCUT2D eigenvalue weighted by Gasteiger charge is -2.13. The van der Waals surface area contributed by atoms with Gasteiger partial charge < -0.3 is 25.9 Å². The van der Waals surface area contributed by atoms with Gasteiger partial charge in [-0.3, -0.25) is 4.79 Å². The normalized spacial score (nSPS) is 12.0. The zero-order chi connectivity index (χ0) is 21.8. The number of nitrogens with zero attached hydrogens (tertiary/aromatic N) is 4. The van der Waals surface area contributed by atoms with Crippen molar-refractivity contribution in [1.29, 1.82) is 0 Å². The van der Waals surface area contributed by atoms with Crippen LogP contribution in [0.4, 0.5) is 11.6 Å². The molecule has 0 aliphatic rings. The van der Waals surface area contributed by atoms with Crippen molar-refractivity contribution >= 4 is 17.5 Å². The molecule has 0 aliphatic heterocycles. The van der Waals surface area contributed by atoms with E-state index in [9.17, 15) is 4.79 Å². The van der Waals surface area contributed by atoms with Gasteiger partial charge in [0.1, 0.15) is 5.82 Å². The minimum atomic E-state index is -0.451.